The molecule has 0 amide bonds. The second-order valence-electron chi connectivity index (χ2n) is 2.90. The molecule has 0 aromatic heterocycles. The molecule has 1 aliphatic rings. The molecule has 0 saturated carbocycles. The van der Waals surface area contributed by atoms with Crippen LogP contribution in [0.1, 0.15) is 12.8 Å². The van der Waals surface area contributed by atoms with Crippen LogP contribution in [-0.2, 0) is 0 Å². The predicted octanol–water partition coefficient (Wildman–Crippen LogP) is 0.810. The van der Waals surface area contributed by atoms with Crippen molar-refractivity contribution in [2.75, 3.05) is 13.6 Å². The standard InChI is InChI=1S/C9H16N2/c1-11-6-5-8-3-2-4-9(10)7-8/h2-3,7,9,11H,4-6,10H2,1H3. The van der Waals surface area contributed by atoms with E-state index in [4.69, 9.17) is 5.73 Å². The van der Waals surface area contributed by atoms with Gasteiger partial charge in [-0.3, -0.25) is 0 Å². The van der Waals surface area contributed by atoms with Crippen LogP contribution in [0.3, 0.4) is 0 Å². The Hall–Kier alpha value is -0.600. The lowest BCUT2D eigenvalue weighted by atomic mass is 10.0. The monoisotopic (exact) mass is 152 g/mol. The van der Waals surface area contributed by atoms with Crippen LogP contribution < -0.4 is 11.1 Å². The molecule has 62 valence electrons. The fourth-order valence-corrected chi connectivity index (χ4v) is 1.21. The van der Waals surface area contributed by atoms with Crippen molar-refractivity contribution in [1.29, 1.82) is 0 Å². The molecule has 0 saturated heterocycles. The van der Waals surface area contributed by atoms with Gasteiger partial charge in [0.1, 0.15) is 0 Å². The van der Waals surface area contributed by atoms with Gasteiger partial charge in [0.15, 0.2) is 0 Å². The van der Waals surface area contributed by atoms with E-state index in [1.807, 2.05) is 7.05 Å². The third-order valence-electron chi connectivity index (χ3n) is 1.83. The van der Waals surface area contributed by atoms with Gasteiger partial charge in [0.25, 0.3) is 0 Å². The van der Waals surface area contributed by atoms with Gasteiger partial charge in [-0.15, -0.1) is 0 Å². The minimum Gasteiger partial charge on any atom is -0.324 e. The summed E-state index contributed by atoms with van der Waals surface area (Å²) in [6.45, 7) is 1.03. The molecule has 2 heteroatoms. The zero-order valence-electron chi connectivity index (χ0n) is 7.01. The first kappa shape index (κ1) is 8.50. The van der Waals surface area contributed by atoms with E-state index in [1.165, 1.54) is 5.57 Å². The van der Waals surface area contributed by atoms with E-state index < -0.39 is 0 Å². The maximum atomic E-state index is 5.75. The van der Waals surface area contributed by atoms with E-state index >= 15 is 0 Å². The van der Waals surface area contributed by atoms with Crippen LogP contribution in [-0.4, -0.2) is 19.6 Å². The average Bonchev–Trinajstić information content (AvgIpc) is 2.01. The molecule has 3 N–H and O–H groups in total. The van der Waals surface area contributed by atoms with Crippen molar-refractivity contribution >= 4 is 0 Å². The summed E-state index contributed by atoms with van der Waals surface area (Å²) in [5.74, 6) is 0. The highest BCUT2D eigenvalue weighted by atomic mass is 14.8. The summed E-state index contributed by atoms with van der Waals surface area (Å²) in [5, 5.41) is 3.11. The van der Waals surface area contributed by atoms with Gasteiger partial charge in [-0.1, -0.05) is 18.2 Å². The van der Waals surface area contributed by atoms with Crippen LogP contribution in [0.4, 0.5) is 0 Å². The minimum atomic E-state index is 0.242. The molecule has 1 atom stereocenters. The van der Waals surface area contributed by atoms with Crippen LogP contribution in [0, 0.1) is 0 Å². The van der Waals surface area contributed by atoms with Crippen molar-refractivity contribution < 1.29 is 0 Å². The van der Waals surface area contributed by atoms with Crippen LogP contribution in [0.5, 0.6) is 0 Å². The van der Waals surface area contributed by atoms with Gasteiger partial charge in [0.05, 0.1) is 0 Å². The van der Waals surface area contributed by atoms with E-state index in [2.05, 4.69) is 23.5 Å². The topological polar surface area (TPSA) is 38.0 Å². The molecule has 1 rings (SSSR count). The first-order chi connectivity index (χ1) is 5.33. The summed E-state index contributed by atoms with van der Waals surface area (Å²) in [6, 6.07) is 0.242. The zero-order valence-corrected chi connectivity index (χ0v) is 7.01. The summed E-state index contributed by atoms with van der Waals surface area (Å²) < 4.78 is 0. The molecule has 0 aromatic carbocycles. The first-order valence-electron chi connectivity index (χ1n) is 4.10. The molecule has 11 heavy (non-hydrogen) atoms. The second kappa shape index (κ2) is 4.31. The number of allylic oxidation sites excluding steroid dienone is 1. The van der Waals surface area contributed by atoms with Gasteiger partial charge in [0.2, 0.25) is 0 Å². The van der Waals surface area contributed by atoms with Crippen LogP contribution in [0.25, 0.3) is 0 Å². The summed E-state index contributed by atoms with van der Waals surface area (Å²) >= 11 is 0. The summed E-state index contributed by atoms with van der Waals surface area (Å²) in [4.78, 5) is 0. The van der Waals surface area contributed by atoms with E-state index in [0.29, 0.717) is 0 Å². The molecule has 0 radical (unpaired) electrons. The van der Waals surface area contributed by atoms with E-state index in [0.717, 1.165) is 19.4 Å². The third kappa shape index (κ3) is 2.87. The van der Waals surface area contributed by atoms with Crippen molar-refractivity contribution in [3.63, 3.8) is 0 Å². The third-order valence-corrected chi connectivity index (χ3v) is 1.83. The fourth-order valence-electron chi connectivity index (χ4n) is 1.21. The molecule has 0 aromatic rings. The Labute approximate surface area is 68.2 Å². The molecule has 0 aliphatic heterocycles. The van der Waals surface area contributed by atoms with Crippen molar-refractivity contribution in [3.8, 4) is 0 Å². The number of nitrogens with one attached hydrogen (secondary N) is 1. The van der Waals surface area contributed by atoms with Gasteiger partial charge < -0.3 is 11.1 Å². The van der Waals surface area contributed by atoms with Gasteiger partial charge in [0, 0.05) is 6.04 Å². The lowest BCUT2D eigenvalue weighted by Crippen LogP contribution is -2.19. The Morgan fingerprint density at radius 1 is 1.73 bits per heavy atom. The molecular formula is C9H16N2. The normalized spacial score (nSPS) is 23.5. The van der Waals surface area contributed by atoms with Crippen LogP contribution >= 0.6 is 0 Å². The highest BCUT2D eigenvalue weighted by Crippen LogP contribution is 2.11. The fraction of sp³-hybridized carbons (Fsp3) is 0.556. The Kier molecular flexibility index (Phi) is 3.33. The molecule has 1 aliphatic carbocycles. The van der Waals surface area contributed by atoms with Crippen molar-refractivity contribution in [2.24, 2.45) is 5.73 Å². The zero-order chi connectivity index (χ0) is 8.10. The summed E-state index contributed by atoms with van der Waals surface area (Å²) in [6.07, 6.45) is 8.54. The highest BCUT2D eigenvalue weighted by molar-refractivity contribution is 5.25. The maximum absolute atomic E-state index is 5.75. The lowest BCUT2D eigenvalue weighted by molar-refractivity contribution is 0.763. The SMILES string of the molecule is CNCCC1=CC(N)CC=C1. The van der Waals surface area contributed by atoms with Gasteiger partial charge in [-0.2, -0.15) is 0 Å². The molecule has 0 fully saturated rings. The summed E-state index contributed by atoms with van der Waals surface area (Å²) in [7, 11) is 1.97. The van der Waals surface area contributed by atoms with Crippen molar-refractivity contribution in [3.05, 3.63) is 23.8 Å². The molecule has 0 spiro atoms. The summed E-state index contributed by atoms with van der Waals surface area (Å²) in [5.41, 5.74) is 7.11. The quantitative estimate of drug-likeness (QED) is 0.628. The number of hydrogen-bond donors (Lipinski definition) is 2. The largest absolute Gasteiger partial charge is 0.324 e. The van der Waals surface area contributed by atoms with Gasteiger partial charge >= 0.3 is 0 Å². The number of nitrogens with two attached hydrogens (primary N) is 1. The average molecular weight is 152 g/mol. The van der Waals surface area contributed by atoms with Gasteiger partial charge in [-0.25, -0.2) is 0 Å². The van der Waals surface area contributed by atoms with E-state index in [1.54, 1.807) is 0 Å². The Bertz CT molecular complexity index is 170. The Balaban J connectivity index is 2.37. The van der Waals surface area contributed by atoms with Crippen molar-refractivity contribution in [1.82, 2.24) is 5.32 Å². The molecule has 0 heterocycles. The van der Waals surface area contributed by atoms with Gasteiger partial charge in [-0.05, 0) is 32.0 Å². The Morgan fingerprint density at radius 3 is 3.18 bits per heavy atom. The van der Waals surface area contributed by atoms with E-state index in [9.17, 15) is 0 Å². The number of hydrogen-bond acceptors (Lipinski definition) is 2. The maximum Gasteiger partial charge on any atom is 0.0264 e. The molecule has 1 unspecified atom stereocenters. The Morgan fingerprint density at radius 2 is 2.55 bits per heavy atom. The molecular weight excluding hydrogens is 136 g/mol. The highest BCUT2D eigenvalue weighted by Gasteiger charge is 2.02. The molecule has 0 bridgehead atoms. The number of rotatable bonds is 3. The minimum absolute atomic E-state index is 0.242. The smallest absolute Gasteiger partial charge is 0.0264 e. The van der Waals surface area contributed by atoms with Crippen molar-refractivity contribution in [2.45, 2.75) is 18.9 Å². The second-order valence-corrected chi connectivity index (χ2v) is 2.90. The predicted molar refractivity (Wildman–Crippen MR) is 48.4 cm³/mol. The first-order valence-corrected chi connectivity index (χ1v) is 4.10. The molecule has 2 nitrogen and oxygen atoms in total. The van der Waals surface area contributed by atoms with E-state index in [-0.39, 0.29) is 6.04 Å². The van der Waals surface area contributed by atoms with Crippen LogP contribution in [0.2, 0.25) is 0 Å². The lowest BCUT2D eigenvalue weighted by Gasteiger charge is -2.11. The van der Waals surface area contributed by atoms with Crippen LogP contribution in [0.15, 0.2) is 23.8 Å².